The third kappa shape index (κ3) is 2.31. The van der Waals surface area contributed by atoms with Gasteiger partial charge in [-0.3, -0.25) is 0 Å². The molecule has 3 rings (SSSR count). The molecule has 0 amide bonds. The van der Waals surface area contributed by atoms with Crippen LogP contribution in [0.5, 0.6) is 0 Å². The number of halogens is 2. The van der Waals surface area contributed by atoms with Crippen LogP contribution in [0.15, 0.2) is 52.0 Å². The van der Waals surface area contributed by atoms with E-state index in [1.54, 1.807) is 11.8 Å². The molecule has 0 bridgehead atoms. The van der Waals surface area contributed by atoms with E-state index in [1.165, 1.54) is 10.5 Å². The summed E-state index contributed by atoms with van der Waals surface area (Å²) in [5.74, 6) is 0. The van der Waals surface area contributed by atoms with E-state index in [-0.39, 0.29) is 0 Å². The first kappa shape index (κ1) is 13.1. The summed E-state index contributed by atoms with van der Waals surface area (Å²) in [6, 6.07) is 14.1. The Morgan fingerprint density at radius 3 is 2.53 bits per heavy atom. The van der Waals surface area contributed by atoms with Crippen LogP contribution in [0.2, 0.25) is 5.02 Å². The number of nitrogens with zero attached hydrogens (tertiary/aromatic N) is 1. The third-order valence-corrected chi connectivity index (χ3v) is 4.64. The van der Waals surface area contributed by atoms with Gasteiger partial charge in [-0.25, -0.2) is 5.32 Å². The van der Waals surface area contributed by atoms with Crippen LogP contribution < -0.4 is 5.32 Å². The highest BCUT2D eigenvalue weighted by molar-refractivity contribution is 9.11. The molecule has 1 aliphatic rings. The molecule has 1 radical (unpaired) electrons. The molecule has 2 aromatic carbocycles. The highest BCUT2D eigenvalue weighted by Gasteiger charge is 2.25. The number of benzene rings is 2. The SMILES string of the molecule is CSc1cccc2c1C(c1ccc(Cl)cc1)=C(Br)[N]2. The summed E-state index contributed by atoms with van der Waals surface area (Å²) in [5.41, 5.74) is 4.48. The molecule has 4 heteroatoms. The summed E-state index contributed by atoms with van der Waals surface area (Å²) in [4.78, 5) is 1.24. The molecule has 0 aliphatic carbocycles. The van der Waals surface area contributed by atoms with Gasteiger partial charge in [-0.15, -0.1) is 11.8 Å². The van der Waals surface area contributed by atoms with Crippen LogP contribution in [-0.4, -0.2) is 6.26 Å². The molecule has 0 atom stereocenters. The maximum Gasteiger partial charge on any atom is 0.115 e. The smallest absolute Gasteiger partial charge is 0.115 e. The Labute approximate surface area is 130 Å². The Bertz CT molecular complexity index is 664. The quantitative estimate of drug-likeness (QED) is 0.520. The van der Waals surface area contributed by atoms with Gasteiger partial charge in [0.2, 0.25) is 0 Å². The normalized spacial score (nSPS) is 13.4. The van der Waals surface area contributed by atoms with Gasteiger partial charge in [0.25, 0.3) is 0 Å². The largest absolute Gasteiger partial charge is 0.240 e. The van der Waals surface area contributed by atoms with Crippen LogP contribution in [0.4, 0.5) is 5.69 Å². The predicted octanol–water partition coefficient (Wildman–Crippen LogP) is 5.42. The van der Waals surface area contributed by atoms with Crippen molar-refractivity contribution >= 4 is 50.6 Å². The van der Waals surface area contributed by atoms with Gasteiger partial charge in [-0.2, -0.15) is 0 Å². The third-order valence-electron chi connectivity index (χ3n) is 3.03. The zero-order valence-electron chi connectivity index (χ0n) is 10.2. The second-order valence-electron chi connectivity index (χ2n) is 4.14. The standard InChI is InChI=1S/C15H10BrClNS/c1-19-12-4-2-3-11-14(12)13(15(16)18-11)9-5-7-10(17)8-6-9/h2-8H,1H3. The maximum atomic E-state index is 5.96. The molecule has 0 saturated heterocycles. The first-order valence-electron chi connectivity index (χ1n) is 5.75. The zero-order chi connectivity index (χ0) is 13.4. The van der Waals surface area contributed by atoms with Crippen molar-refractivity contribution in [3.8, 4) is 0 Å². The molecular formula is C15H10BrClNS. The lowest BCUT2D eigenvalue weighted by Gasteiger charge is -2.09. The lowest BCUT2D eigenvalue weighted by Crippen LogP contribution is -1.88. The molecule has 1 nitrogen and oxygen atoms in total. The predicted molar refractivity (Wildman–Crippen MR) is 86.4 cm³/mol. The second-order valence-corrected chi connectivity index (χ2v) is 6.17. The van der Waals surface area contributed by atoms with Gasteiger partial charge in [0.15, 0.2) is 0 Å². The molecule has 0 aromatic heterocycles. The average molecular weight is 352 g/mol. The minimum Gasteiger partial charge on any atom is -0.240 e. The van der Waals surface area contributed by atoms with Crippen molar-refractivity contribution in [1.29, 1.82) is 0 Å². The molecular weight excluding hydrogens is 342 g/mol. The van der Waals surface area contributed by atoms with Gasteiger partial charge < -0.3 is 0 Å². The van der Waals surface area contributed by atoms with E-state index in [9.17, 15) is 0 Å². The van der Waals surface area contributed by atoms with Gasteiger partial charge >= 0.3 is 0 Å². The summed E-state index contributed by atoms with van der Waals surface area (Å²) in [7, 11) is 0. The van der Waals surface area contributed by atoms with Crippen molar-refractivity contribution in [2.45, 2.75) is 4.90 Å². The van der Waals surface area contributed by atoms with Crippen LogP contribution in [0, 0.1) is 0 Å². The van der Waals surface area contributed by atoms with Crippen molar-refractivity contribution in [3.63, 3.8) is 0 Å². The molecule has 19 heavy (non-hydrogen) atoms. The molecule has 0 N–H and O–H groups in total. The Balaban J connectivity index is 2.19. The molecule has 95 valence electrons. The van der Waals surface area contributed by atoms with E-state index in [4.69, 9.17) is 11.6 Å². The summed E-state index contributed by atoms with van der Waals surface area (Å²) >= 11 is 11.3. The van der Waals surface area contributed by atoms with E-state index < -0.39 is 0 Å². The molecule has 0 spiro atoms. The van der Waals surface area contributed by atoms with Crippen molar-refractivity contribution < 1.29 is 0 Å². The summed E-state index contributed by atoms with van der Waals surface area (Å²) in [6.07, 6.45) is 2.08. The summed E-state index contributed by atoms with van der Waals surface area (Å²) in [5, 5.41) is 5.34. The highest BCUT2D eigenvalue weighted by Crippen LogP contribution is 2.45. The lowest BCUT2D eigenvalue weighted by atomic mass is 10.00. The molecule has 1 heterocycles. The topological polar surface area (TPSA) is 14.1 Å². The van der Waals surface area contributed by atoms with Gasteiger partial charge in [0.1, 0.15) is 4.61 Å². The van der Waals surface area contributed by atoms with Crippen LogP contribution >= 0.6 is 39.3 Å². The Kier molecular flexibility index (Phi) is 3.61. The van der Waals surface area contributed by atoms with Crippen LogP contribution in [-0.2, 0) is 0 Å². The van der Waals surface area contributed by atoms with Gasteiger partial charge in [0.05, 0.1) is 5.69 Å². The molecule has 0 fully saturated rings. The lowest BCUT2D eigenvalue weighted by molar-refractivity contribution is 1.19. The highest BCUT2D eigenvalue weighted by atomic mass is 79.9. The number of hydrogen-bond acceptors (Lipinski definition) is 1. The number of fused-ring (bicyclic) bond motifs is 1. The van der Waals surface area contributed by atoms with Crippen molar-refractivity contribution in [1.82, 2.24) is 5.32 Å². The summed E-state index contributed by atoms with van der Waals surface area (Å²) in [6.45, 7) is 0. The zero-order valence-corrected chi connectivity index (χ0v) is 13.3. The minimum absolute atomic E-state index is 0.744. The summed E-state index contributed by atoms with van der Waals surface area (Å²) < 4.78 is 0.881. The molecule has 1 aliphatic heterocycles. The van der Waals surface area contributed by atoms with E-state index in [0.29, 0.717) is 0 Å². The average Bonchev–Trinajstić information content (AvgIpc) is 2.75. The number of rotatable bonds is 2. The molecule has 2 aromatic rings. The number of hydrogen-bond donors (Lipinski definition) is 0. The van der Waals surface area contributed by atoms with Crippen LogP contribution in [0.3, 0.4) is 0 Å². The maximum absolute atomic E-state index is 5.96. The van der Waals surface area contributed by atoms with Gasteiger partial charge in [-0.05, 0) is 52.0 Å². The fourth-order valence-electron chi connectivity index (χ4n) is 2.18. The Hall–Kier alpha value is -0.900. The van der Waals surface area contributed by atoms with E-state index in [1.807, 2.05) is 36.4 Å². The Morgan fingerprint density at radius 2 is 1.84 bits per heavy atom. The van der Waals surface area contributed by atoms with E-state index >= 15 is 0 Å². The second kappa shape index (κ2) is 5.23. The van der Waals surface area contributed by atoms with Crippen LogP contribution in [0.1, 0.15) is 11.1 Å². The van der Waals surface area contributed by atoms with Crippen molar-refractivity contribution in [2.24, 2.45) is 0 Å². The van der Waals surface area contributed by atoms with Crippen LogP contribution in [0.25, 0.3) is 5.57 Å². The van der Waals surface area contributed by atoms with Gasteiger partial charge in [0, 0.05) is 21.1 Å². The molecule has 0 saturated carbocycles. The van der Waals surface area contributed by atoms with E-state index in [2.05, 4.69) is 33.6 Å². The van der Waals surface area contributed by atoms with Crippen molar-refractivity contribution in [2.75, 3.05) is 6.26 Å². The fourth-order valence-corrected chi connectivity index (χ4v) is 3.55. The molecule has 0 unspecified atom stereocenters. The van der Waals surface area contributed by atoms with Gasteiger partial charge in [-0.1, -0.05) is 29.8 Å². The van der Waals surface area contributed by atoms with Crippen molar-refractivity contribution in [3.05, 3.63) is 63.2 Å². The Morgan fingerprint density at radius 1 is 1.11 bits per heavy atom. The fraction of sp³-hybridized carbons (Fsp3) is 0.0667. The minimum atomic E-state index is 0.744. The monoisotopic (exact) mass is 350 g/mol. The number of thioether (sulfide) groups is 1. The first-order chi connectivity index (χ1) is 9.20. The first-order valence-corrected chi connectivity index (χ1v) is 8.15. The van der Waals surface area contributed by atoms with E-state index in [0.717, 1.165) is 26.5 Å².